The Hall–Kier alpha value is -4.68. The Labute approximate surface area is 220 Å². The molecule has 1 aliphatic rings. The van der Waals surface area contributed by atoms with Gasteiger partial charge in [-0.25, -0.2) is 14.4 Å². The summed E-state index contributed by atoms with van der Waals surface area (Å²) in [7, 11) is 2.13. The topological polar surface area (TPSA) is 134 Å². The first-order chi connectivity index (χ1) is 18.3. The molecule has 0 amide bonds. The first-order valence-electron chi connectivity index (χ1n) is 11.3. The monoisotopic (exact) mass is 548 g/mol. The van der Waals surface area contributed by atoms with Crippen molar-refractivity contribution in [2.24, 2.45) is 0 Å². The van der Waals surface area contributed by atoms with Gasteiger partial charge >= 0.3 is 24.1 Å². The average Bonchev–Trinajstić information content (AvgIpc) is 2.90. The normalized spacial score (nSPS) is 16.2. The van der Waals surface area contributed by atoms with Gasteiger partial charge in [-0.15, -0.1) is 0 Å². The van der Waals surface area contributed by atoms with Crippen LogP contribution in [0.2, 0.25) is 0 Å². The van der Waals surface area contributed by atoms with E-state index >= 15 is 0 Å². The van der Waals surface area contributed by atoms with Crippen LogP contribution in [0.1, 0.15) is 42.6 Å². The van der Waals surface area contributed by atoms with Gasteiger partial charge in [0.05, 0.1) is 41.8 Å². The van der Waals surface area contributed by atoms with Crippen molar-refractivity contribution >= 4 is 23.6 Å². The summed E-state index contributed by atoms with van der Waals surface area (Å²) in [6.45, 7) is 3.03. The molecular formula is C26H23F3N2O8. The van der Waals surface area contributed by atoms with Crippen molar-refractivity contribution in [1.82, 2.24) is 5.32 Å². The van der Waals surface area contributed by atoms with E-state index in [4.69, 9.17) is 14.2 Å². The van der Waals surface area contributed by atoms with Crippen LogP contribution >= 0.6 is 0 Å². The molecule has 0 spiro atoms. The first kappa shape index (κ1) is 28.9. The van der Waals surface area contributed by atoms with Crippen LogP contribution in [0.15, 0.2) is 71.1 Å². The van der Waals surface area contributed by atoms with Gasteiger partial charge in [0, 0.05) is 29.1 Å². The molecule has 2 unspecified atom stereocenters. The van der Waals surface area contributed by atoms with Crippen molar-refractivity contribution in [3.05, 3.63) is 97.9 Å². The van der Waals surface area contributed by atoms with E-state index < -0.39 is 46.6 Å². The van der Waals surface area contributed by atoms with E-state index in [1.165, 1.54) is 31.2 Å². The molecule has 0 saturated carbocycles. The maximum atomic E-state index is 13.6. The van der Waals surface area contributed by atoms with Gasteiger partial charge < -0.3 is 19.5 Å². The summed E-state index contributed by atoms with van der Waals surface area (Å²) < 4.78 is 54.1. The second-order valence-electron chi connectivity index (χ2n) is 8.41. The number of carbonyl (C=O) groups is 3. The minimum absolute atomic E-state index is 0.0419. The first-order valence-corrected chi connectivity index (χ1v) is 11.3. The lowest BCUT2D eigenvalue weighted by molar-refractivity contribution is -0.384. The maximum absolute atomic E-state index is 13.6. The summed E-state index contributed by atoms with van der Waals surface area (Å²) in [4.78, 5) is 49.6. The summed E-state index contributed by atoms with van der Waals surface area (Å²) in [5.41, 5.74) is -0.918. The van der Waals surface area contributed by atoms with E-state index in [1.807, 2.05) is 0 Å². The number of hydrogen-bond acceptors (Lipinski definition) is 9. The zero-order chi connectivity index (χ0) is 29.1. The summed E-state index contributed by atoms with van der Waals surface area (Å²) in [5, 5.41) is 14.3. The predicted octanol–water partition coefficient (Wildman–Crippen LogP) is 4.48. The lowest BCUT2D eigenvalue weighted by atomic mass is 9.80. The molecule has 13 heteroatoms. The Morgan fingerprint density at radius 1 is 0.949 bits per heavy atom. The number of allylic oxidation sites excluding steroid dienone is 2. The van der Waals surface area contributed by atoms with E-state index in [0.29, 0.717) is 5.70 Å². The lowest BCUT2D eigenvalue weighted by Gasteiger charge is -2.31. The fraction of sp³-hybridized carbons (Fsp3) is 0.269. The third kappa shape index (κ3) is 6.08. The third-order valence-corrected chi connectivity index (χ3v) is 5.98. The predicted molar refractivity (Wildman–Crippen MR) is 129 cm³/mol. The molecule has 0 aliphatic carbocycles. The average molecular weight is 548 g/mol. The number of hydrogen-bond donors (Lipinski definition) is 1. The van der Waals surface area contributed by atoms with E-state index in [1.54, 1.807) is 6.92 Å². The molecule has 0 saturated heterocycles. The minimum atomic E-state index is -4.63. The van der Waals surface area contributed by atoms with Crippen molar-refractivity contribution in [2.45, 2.75) is 32.0 Å². The van der Waals surface area contributed by atoms with E-state index in [-0.39, 0.29) is 33.7 Å². The molecular weight excluding hydrogens is 525 g/mol. The van der Waals surface area contributed by atoms with Gasteiger partial charge in [-0.2, -0.15) is 13.2 Å². The number of nitro groups is 1. The lowest BCUT2D eigenvalue weighted by Crippen LogP contribution is -2.33. The second-order valence-corrected chi connectivity index (χ2v) is 8.41. The van der Waals surface area contributed by atoms with Crippen LogP contribution in [0.3, 0.4) is 0 Å². The summed E-state index contributed by atoms with van der Waals surface area (Å²) in [5.74, 6) is -4.24. The van der Waals surface area contributed by atoms with Gasteiger partial charge in [-0.1, -0.05) is 24.3 Å². The van der Waals surface area contributed by atoms with E-state index in [0.717, 1.165) is 38.5 Å². The van der Waals surface area contributed by atoms with Gasteiger partial charge in [-0.05, 0) is 31.5 Å². The highest BCUT2D eigenvalue weighted by Gasteiger charge is 2.40. The van der Waals surface area contributed by atoms with Gasteiger partial charge in [-0.3, -0.25) is 10.1 Å². The van der Waals surface area contributed by atoms with Gasteiger partial charge in [0.1, 0.15) is 0 Å². The zero-order valence-corrected chi connectivity index (χ0v) is 21.1. The summed E-state index contributed by atoms with van der Waals surface area (Å²) in [6.07, 6.45) is -6.39. The number of non-ortho nitro benzene ring substituents is 1. The van der Waals surface area contributed by atoms with Crippen LogP contribution in [0.25, 0.3) is 0 Å². The fourth-order valence-electron chi connectivity index (χ4n) is 4.17. The minimum Gasteiger partial charge on any atom is -0.466 e. The summed E-state index contributed by atoms with van der Waals surface area (Å²) >= 11 is 0. The number of ether oxygens (including phenoxy) is 3. The molecule has 1 N–H and O–H groups in total. The van der Waals surface area contributed by atoms with Crippen molar-refractivity contribution in [3.63, 3.8) is 0 Å². The van der Waals surface area contributed by atoms with E-state index in [9.17, 15) is 37.7 Å². The quantitative estimate of drug-likeness (QED) is 0.230. The Bertz CT molecular complexity index is 1380. The van der Waals surface area contributed by atoms with Gasteiger partial charge in [0.2, 0.25) is 6.10 Å². The fourth-order valence-corrected chi connectivity index (χ4v) is 4.17. The van der Waals surface area contributed by atoms with Crippen molar-refractivity contribution < 1.29 is 46.7 Å². The van der Waals surface area contributed by atoms with Gasteiger partial charge in [0.25, 0.3) is 5.69 Å². The molecule has 2 atom stereocenters. The number of alkyl halides is 3. The number of methoxy groups -OCH3 is 2. The molecule has 10 nitrogen and oxygen atoms in total. The number of benzene rings is 2. The Balaban J connectivity index is 2.10. The largest absolute Gasteiger partial charge is 0.466 e. The Kier molecular flexibility index (Phi) is 8.42. The number of halogens is 3. The number of nitrogens with zero attached hydrogens (tertiary/aromatic N) is 1. The molecule has 3 rings (SSSR count). The van der Waals surface area contributed by atoms with Gasteiger partial charge in [0.15, 0.2) is 0 Å². The number of dihydropyridines is 1. The highest BCUT2D eigenvalue weighted by molar-refractivity contribution is 6.00. The Morgan fingerprint density at radius 3 is 2.05 bits per heavy atom. The number of esters is 3. The van der Waals surface area contributed by atoms with Crippen LogP contribution in [0.4, 0.5) is 18.9 Å². The van der Waals surface area contributed by atoms with Crippen LogP contribution in [-0.2, 0) is 34.8 Å². The number of nitro benzene ring substituents is 1. The van der Waals surface area contributed by atoms with Crippen LogP contribution in [-0.4, -0.2) is 37.1 Å². The molecule has 0 aromatic heterocycles. The van der Waals surface area contributed by atoms with Crippen LogP contribution < -0.4 is 5.32 Å². The SMILES string of the molecule is COC(=O)C1=C(C)NC(C)=C(C(=O)OC(C(=O)OC)c2ccc(C(F)(F)F)cc2)C1c1cccc([N+](=O)[O-])c1. The molecule has 0 fully saturated rings. The smallest absolute Gasteiger partial charge is 0.416 e. The highest BCUT2D eigenvalue weighted by atomic mass is 19.4. The zero-order valence-electron chi connectivity index (χ0n) is 21.1. The maximum Gasteiger partial charge on any atom is 0.416 e. The van der Waals surface area contributed by atoms with E-state index in [2.05, 4.69) is 5.32 Å². The molecule has 206 valence electrons. The molecule has 2 aromatic carbocycles. The molecule has 39 heavy (non-hydrogen) atoms. The third-order valence-electron chi connectivity index (χ3n) is 5.98. The molecule has 1 heterocycles. The second kappa shape index (κ2) is 11.4. The van der Waals surface area contributed by atoms with Crippen LogP contribution in [0.5, 0.6) is 0 Å². The van der Waals surface area contributed by atoms with Crippen molar-refractivity contribution in [1.29, 1.82) is 0 Å². The molecule has 0 radical (unpaired) electrons. The van der Waals surface area contributed by atoms with Crippen molar-refractivity contribution in [2.75, 3.05) is 14.2 Å². The highest BCUT2D eigenvalue weighted by Crippen LogP contribution is 2.41. The van der Waals surface area contributed by atoms with Crippen LogP contribution in [0, 0.1) is 10.1 Å². The number of nitrogens with one attached hydrogen (secondary N) is 1. The molecule has 2 aromatic rings. The molecule has 1 aliphatic heterocycles. The number of carbonyl (C=O) groups excluding carboxylic acids is 3. The molecule has 0 bridgehead atoms. The van der Waals surface area contributed by atoms with Crippen molar-refractivity contribution in [3.8, 4) is 0 Å². The standard InChI is InChI=1S/C26H23F3N2O8/c1-13-19(23(32)37-3)21(16-6-5-7-18(12-16)31(35)36)20(14(2)30-13)24(33)39-22(25(34)38-4)15-8-10-17(11-9-15)26(27,28)29/h5-12,21-22,30H,1-4H3. The number of rotatable bonds is 7. The summed E-state index contributed by atoms with van der Waals surface area (Å²) in [6, 6.07) is 8.63. The Morgan fingerprint density at radius 2 is 1.54 bits per heavy atom.